The van der Waals surface area contributed by atoms with Gasteiger partial charge in [0.15, 0.2) is 0 Å². The van der Waals surface area contributed by atoms with Crippen molar-refractivity contribution in [2.45, 2.75) is 26.3 Å². The number of hydrogen-bond acceptors (Lipinski definition) is 4. The molecule has 1 aromatic rings. The Bertz CT molecular complexity index is 500. The summed E-state index contributed by atoms with van der Waals surface area (Å²) >= 11 is 8.07. The first-order valence-electron chi connectivity index (χ1n) is 7.84. The molecule has 1 aliphatic rings. The molecule has 0 N–H and O–H groups in total. The van der Waals surface area contributed by atoms with Crippen LogP contribution >= 0.6 is 23.4 Å². The van der Waals surface area contributed by atoms with E-state index in [9.17, 15) is 4.79 Å². The standard InChI is InChI=1S/C16H24ClN3OS/c1-3-22-12-13(2)19-7-4-8-20(10-9-19)16(21)14-5-6-18-11-15(14)17/h5-6,11,13H,3-4,7-10,12H2,1-2H3. The van der Waals surface area contributed by atoms with Crippen LogP contribution in [0.5, 0.6) is 0 Å². The average Bonchev–Trinajstić information content (AvgIpc) is 2.78. The summed E-state index contributed by atoms with van der Waals surface area (Å²) in [5.41, 5.74) is 0.555. The van der Waals surface area contributed by atoms with Crippen LogP contribution in [0.3, 0.4) is 0 Å². The molecule has 0 bridgehead atoms. The summed E-state index contributed by atoms with van der Waals surface area (Å²) in [5, 5.41) is 0.432. The number of pyridine rings is 1. The molecule has 4 nitrogen and oxygen atoms in total. The molecule has 1 aliphatic heterocycles. The second kappa shape index (κ2) is 8.75. The van der Waals surface area contributed by atoms with Crippen LogP contribution in [0.4, 0.5) is 0 Å². The van der Waals surface area contributed by atoms with Gasteiger partial charge in [0.25, 0.3) is 5.91 Å². The fourth-order valence-electron chi connectivity index (χ4n) is 2.69. The van der Waals surface area contributed by atoms with E-state index in [1.165, 1.54) is 6.20 Å². The van der Waals surface area contributed by atoms with Gasteiger partial charge >= 0.3 is 0 Å². The molecule has 0 radical (unpaired) electrons. The molecular weight excluding hydrogens is 318 g/mol. The molecule has 0 saturated carbocycles. The SMILES string of the molecule is CCSCC(C)N1CCCN(C(=O)c2ccncc2Cl)CC1. The smallest absolute Gasteiger partial charge is 0.255 e. The molecule has 2 heterocycles. The lowest BCUT2D eigenvalue weighted by Crippen LogP contribution is -2.39. The Labute approximate surface area is 142 Å². The van der Waals surface area contributed by atoms with Crippen molar-refractivity contribution < 1.29 is 4.79 Å². The monoisotopic (exact) mass is 341 g/mol. The summed E-state index contributed by atoms with van der Waals surface area (Å²) in [6.45, 7) is 8.01. The van der Waals surface area contributed by atoms with Gasteiger partial charge in [0.2, 0.25) is 0 Å². The van der Waals surface area contributed by atoms with E-state index in [2.05, 4.69) is 23.7 Å². The minimum Gasteiger partial charge on any atom is -0.337 e. The average molecular weight is 342 g/mol. The number of amides is 1. The van der Waals surface area contributed by atoms with Gasteiger partial charge in [-0.2, -0.15) is 11.8 Å². The Morgan fingerprint density at radius 2 is 2.23 bits per heavy atom. The van der Waals surface area contributed by atoms with Gasteiger partial charge in [-0.05, 0) is 25.2 Å². The number of carbonyl (C=O) groups is 1. The van der Waals surface area contributed by atoms with Crippen LogP contribution in [-0.2, 0) is 0 Å². The lowest BCUT2D eigenvalue weighted by molar-refractivity contribution is 0.0759. The number of rotatable bonds is 5. The zero-order valence-corrected chi connectivity index (χ0v) is 14.9. The summed E-state index contributed by atoms with van der Waals surface area (Å²) in [7, 11) is 0. The van der Waals surface area contributed by atoms with Crippen LogP contribution in [0.25, 0.3) is 0 Å². The molecule has 2 rings (SSSR count). The topological polar surface area (TPSA) is 36.4 Å². The zero-order valence-electron chi connectivity index (χ0n) is 13.3. The normalized spacial score (nSPS) is 18.0. The molecule has 122 valence electrons. The number of aromatic nitrogens is 1. The fourth-order valence-corrected chi connectivity index (χ4v) is 3.68. The van der Waals surface area contributed by atoms with Crippen LogP contribution < -0.4 is 0 Å². The van der Waals surface area contributed by atoms with Gasteiger partial charge in [-0.25, -0.2) is 0 Å². The van der Waals surface area contributed by atoms with E-state index in [1.54, 1.807) is 12.3 Å². The molecule has 0 spiro atoms. The molecule has 1 atom stereocenters. The Morgan fingerprint density at radius 1 is 1.41 bits per heavy atom. The number of carbonyl (C=O) groups excluding carboxylic acids is 1. The lowest BCUT2D eigenvalue weighted by Gasteiger charge is -2.27. The molecule has 1 saturated heterocycles. The van der Waals surface area contributed by atoms with Gasteiger partial charge in [0.05, 0.1) is 10.6 Å². The highest BCUT2D eigenvalue weighted by Crippen LogP contribution is 2.18. The second-order valence-corrected chi connectivity index (χ2v) is 7.27. The maximum Gasteiger partial charge on any atom is 0.255 e. The summed E-state index contributed by atoms with van der Waals surface area (Å²) in [4.78, 5) is 21.0. The van der Waals surface area contributed by atoms with Gasteiger partial charge in [-0.3, -0.25) is 14.7 Å². The van der Waals surface area contributed by atoms with Crippen molar-refractivity contribution in [3.63, 3.8) is 0 Å². The first-order valence-corrected chi connectivity index (χ1v) is 9.37. The van der Waals surface area contributed by atoms with Crippen molar-refractivity contribution in [1.29, 1.82) is 0 Å². The highest BCUT2D eigenvalue weighted by molar-refractivity contribution is 7.99. The van der Waals surface area contributed by atoms with Crippen molar-refractivity contribution in [2.75, 3.05) is 37.7 Å². The Kier molecular flexibility index (Phi) is 6.99. The summed E-state index contributed by atoms with van der Waals surface area (Å²) in [6.07, 6.45) is 4.16. The van der Waals surface area contributed by atoms with E-state index in [4.69, 9.17) is 11.6 Å². The van der Waals surface area contributed by atoms with Crippen molar-refractivity contribution in [3.05, 3.63) is 29.0 Å². The molecule has 0 aliphatic carbocycles. The molecule has 22 heavy (non-hydrogen) atoms. The van der Waals surface area contributed by atoms with Gasteiger partial charge in [-0.15, -0.1) is 0 Å². The van der Waals surface area contributed by atoms with Crippen molar-refractivity contribution in [2.24, 2.45) is 0 Å². The number of halogens is 1. The Balaban J connectivity index is 1.95. The molecular formula is C16H24ClN3OS. The first kappa shape index (κ1) is 17.6. The predicted molar refractivity (Wildman–Crippen MR) is 93.8 cm³/mol. The minimum absolute atomic E-state index is 0.0184. The van der Waals surface area contributed by atoms with E-state index in [1.807, 2.05) is 16.7 Å². The van der Waals surface area contributed by atoms with Crippen molar-refractivity contribution in [1.82, 2.24) is 14.8 Å². The van der Waals surface area contributed by atoms with Gasteiger partial charge < -0.3 is 4.90 Å². The van der Waals surface area contributed by atoms with Crippen molar-refractivity contribution >= 4 is 29.3 Å². The number of nitrogens with zero attached hydrogens (tertiary/aromatic N) is 3. The first-order chi connectivity index (χ1) is 10.6. The highest BCUT2D eigenvalue weighted by Gasteiger charge is 2.23. The van der Waals surface area contributed by atoms with Crippen LogP contribution in [0, 0.1) is 0 Å². The highest BCUT2D eigenvalue weighted by atomic mass is 35.5. The van der Waals surface area contributed by atoms with E-state index in [0.29, 0.717) is 16.6 Å². The second-order valence-electron chi connectivity index (χ2n) is 5.55. The maximum atomic E-state index is 12.6. The zero-order chi connectivity index (χ0) is 15.9. The molecule has 1 aromatic heterocycles. The molecule has 1 fully saturated rings. The molecule has 6 heteroatoms. The number of thioether (sulfide) groups is 1. The number of hydrogen-bond donors (Lipinski definition) is 0. The van der Waals surface area contributed by atoms with Gasteiger partial charge in [0.1, 0.15) is 0 Å². The van der Waals surface area contributed by atoms with Crippen LogP contribution in [0.1, 0.15) is 30.6 Å². The fraction of sp³-hybridized carbons (Fsp3) is 0.625. The Hall–Kier alpha value is -0.780. The van der Waals surface area contributed by atoms with E-state index < -0.39 is 0 Å². The van der Waals surface area contributed by atoms with Crippen molar-refractivity contribution in [3.8, 4) is 0 Å². The van der Waals surface area contributed by atoms with Crippen LogP contribution in [-0.4, -0.2) is 64.4 Å². The van der Waals surface area contributed by atoms with Gasteiger partial charge in [-0.1, -0.05) is 18.5 Å². The molecule has 1 amide bonds. The van der Waals surface area contributed by atoms with Crippen LogP contribution in [0.15, 0.2) is 18.5 Å². The molecule has 1 unspecified atom stereocenters. The maximum absolute atomic E-state index is 12.6. The summed E-state index contributed by atoms with van der Waals surface area (Å²) in [5.74, 6) is 2.33. The predicted octanol–water partition coefficient (Wildman–Crippen LogP) is 3.02. The van der Waals surface area contributed by atoms with E-state index in [0.717, 1.165) is 44.1 Å². The molecule has 0 aromatic carbocycles. The third-order valence-electron chi connectivity index (χ3n) is 4.01. The third-order valence-corrected chi connectivity index (χ3v) is 5.43. The van der Waals surface area contributed by atoms with E-state index in [-0.39, 0.29) is 5.91 Å². The van der Waals surface area contributed by atoms with Crippen LogP contribution in [0.2, 0.25) is 5.02 Å². The Morgan fingerprint density at radius 3 is 2.95 bits per heavy atom. The minimum atomic E-state index is 0.0184. The summed E-state index contributed by atoms with van der Waals surface area (Å²) in [6, 6.07) is 2.26. The lowest BCUT2D eigenvalue weighted by atomic mass is 10.2. The third kappa shape index (κ3) is 4.61. The quantitative estimate of drug-likeness (QED) is 0.825. The summed E-state index contributed by atoms with van der Waals surface area (Å²) < 4.78 is 0. The van der Waals surface area contributed by atoms with Gasteiger partial charge in [0, 0.05) is 50.4 Å². The largest absolute Gasteiger partial charge is 0.337 e. The van der Waals surface area contributed by atoms with E-state index >= 15 is 0 Å².